The number of aryl methyl sites for hydroxylation is 1. The van der Waals surface area contributed by atoms with Crippen molar-refractivity contribution in [3.63, 3.8) is 0 Å². The van der Waals surface area contributed by atoms with Crippen molar-refractivity contribution in [3.05, 3.63) is 35.5 Å². The van der Waals surface area contributed by atoms with Crippen molar-refractivity contribution in [1.29, 1.82) is 0 Å². The number of carbonyl (C=O) groups excluding carboxylic acids is 1. The smallest absolute Gasteiger partial charge is 0.270 e. The molecule has 0 aliphatic rings. The number of ether oxygens (including phenoxy) is 1. The number of anilines is 1. The maximum absolute atomic E-state index is 11.6. The minimum atomic E-state index is -0.283. The van der Waals surface area contributed by atoms with Crippen molar-refractivity contribution in [3.8, 4) is 22.2 Å². The maximum Gasteiger partial charge on any atom is 0.270 e. The Morgan fingerprint density at radius 2 is 2.24 bits per heavy atom. The zero-order chi connectivity index (χ0) is 17.8. The molecular weight excluding hydrogens is 344 g/mol. The molecule has 1 aromatic carbocycles. The second-order valence-electron chi connectivity index (χ2n) is 5.20. The van der Waals surface area contributed by atoms with Crippen LogP contribution in [0, 0.1) is 6.92 Å². The van der Waals surface area contributed by atoms with Crippen molar-refractivity contribution in [2.75, 3.05) is 19.0 Å². The second kappa shape index (κ2) is 7.51. The molecule has 0 fully saturated rings. The van der Waals surface area contributed by atoms with Gasteiger partial charge in [0.25, 0.3) is 11.8 Å². The number of thiazole rings is 1. The summed E-state index contributed by atoms with van der Waals surface area (Å²) < 4.78 is 10.1. The van der Waals surface area contributed by atoms with E-state index < -0.39 is 0 Å². The molecule has 0 saturated carbocycles. The van der Waals surface area contributed by atoms with Gasteiger partial charge in [-0.3, -0.25) is 10.1 Å². The van der Waals surface area contributed by atoms with Crippen LogP contribution >= 0.6 is 11.3 Å². The van der Waals surface area contributed by atoms with Crippen LogP contribution in [0.1, 0.15) is 11.3 Å². The highest BCUT2D eigenvalue weighted by Crippen LogP contribution is 2.32. The van der Waals surface area contributed by atoms with Gasteiger partial charge in [0.05, 0.1) is 12.3 Å². The fourth-order valence-electron chi connectivity index (χ4n) is 2.18. The number of methoxy groups -OCH3 is 1. The number of hydrogen-bond donors (Lipinski definition) is 2. The van der Waals surface area contributed by atoms with Gasteiger partial charge in [-0.15, -0.1) is 0 Å². The lowest BCUT2D eigenvalue weighted by molar-refractivity contribution is -0.119. The Labute approximate surface area is 147 Å². The molecular formula is C16H16N4O4S. The van der Waals surface area contributed by atoms with Gasteiger partial charge in [0.1, 0.15) is 11.5 Å². The van der Waals surface area contributed by atoms with Gasteiger partial charge in [0.15, 0.2) is 5.13 Å². The molecule has 0 aliphatic carbocycles. The summed E-state index contributed by atoms with van der Waals surface area (Å²) in [6.45, 7) is 1.70. The van der Waals surface area contributed by atoms with Gasteiger partial charge in [0.2, 0.25) is 5.82 Å². The third-order valence-electron chi connectivity index (χ3n) is 3.31. The molecule has 0 bridgehead atoms. The Kier molecular flexibility index (Phi) is 5.17. The molecule has 3 rings (SSSR count). The van der Waals surface area contributed by atoms with Gasteiger partial charge in [-0.05, 0) is 18.6 Å². The van der Waals surface area contributed by atoms with Crippen molar-refractivity contribution >= 4 is 22.4 Å². The Morgan fingerprint density at radius 3 is 3.00 bits per heavy atom. The standard InChI is InChI=1S/C16H16N4O4S/c1-9-13(25-16(17-9)18-12(22)8-23-2)15-19-14(20-24-15)11-5-3-4-10(6-11)7-21/h3-6,21H,7-8H2,1-2H3,(H,17,18,22). The molecule has 2 aromatic heterocycles. The van der Waals surface area contributed by atoms with Gasteiger partial charge < -0.3 is 14.4 Å². The monoisotopic (exact) mass is 360 g/mol. The Balaban J connectivity index is 1.84. The first-order valence-electron chi connectivity index (χ1n) is 7.41. The van der Waals surface area contributed by atoms with Crippen LogP contribution in [0.3, 0.4) is 0 Å². The van der Waals surface area contributed by atoms with E-state index in [1.54, 1.807) is 13.0 Å². The first-order chi connectivity index (χ1) is 12.1. The molecule has 2 N–H and O–H groups in total. The minimum absolute atomic E-state index is 0.0418. The number of benzene rings is 1. The number of amides is 1. The minimum Gasteiger partial charge on any atom is -0.392 e. The average molecular weight is 360 g/mol. The molecule has 0 spiro atoms. The van der Waals surface area contributed by atoms with Crippen LogP contribution in [0.4, 0.5) is 5.13 Å². The molecule has 0 aliphatic heterocycles. The van der Waals surface area contributed by atoms with Crippen LogP contribution in [-0.4, -0.2) is 39.9 Å². The predicted molar refractivity (Wildman–Crippen MR) is 92.0 cm³/mol. The van der Waals surface area contributed by atoms with Gasteiger partial charge in [-0.1, -0.05) is 34.7 Å². The summed E-state index contributed by atoms with van der Waals surface area (Å²) in [4.78, 5) is 20.9. The first-order valence-corrected chi connectivity index (χ1v) is 8.23. The summed E-state index contributed by atoms with van der Waals surface area (Å²) in [6, 6.07) is 7.26. The number of aliphatic hydroxyl groups excluding tert-OH is 1. The number of nitrogens with zero attached hydrogens (tertiary/aromatic N) is 3. The second-order valence-corrected chi connectivity index (χ2v) is 6.20. The van der Waals surface area contributed by atoms with Crippen molar-refractivity contribution in [1.82, 2.24) is 15.1 Å². The van der Waals surface area contributed by atoms with Crippen molar-refractivity contribution in [2.24, 2.45) is 0 Å². The van der Waals surface area contributed by atoms with Crippen LogP contribution in [0.25, 0.3) is 22.2 Å². The van der Waals surface area contributed by atoms with E-state index in [4.69, 9.17) is 9.26 Å². The molecule has 8 nitrogen and oxygen atoms in total. The number of aromatic nitrogens is 3. The molecule has 0 atom stereocenters. The largest absolute Gasteiger partial charge is 0.392 e. The molecule has 130 valence electrons. The predicted octanol–water partition coefficient (Wildman–Crippen LogP) is 2.25. The molecule has 2 heterocycles. The van der Waals surface area contributed by atoms with E-state index in [0.717, 1.165) is 11.1 Å². The third kappa shape index (κ3) is 3.90. The number of carbonyl (C=O) groups is 1. The molecule has 25 heavy (non-hydrogen) atoms. The summed E-state index contributed by atoms with van der Waals surface area (Å²) in [5.74, 6) is 0.463. The van der Waals surface area contributed by atoms with Crippen LogP contribution in [0.2, 0.25) is 0 Å². The normalized spacial score (nSPS) is 10.8. The number of rotatable bonds is 6. The molecule has 1 amide bonds. The highest BCUT2D eigenvalue weighted by molar-refractivity contribution is 7.19. The quantitative estimate of drug-likeness (QED) is 0.693. The van der Waals surface area contributed by atoms with Crippen LogP contribution < -0.4 is 5.32 Å². The third-order valence-corrected chi connectivity index (χ3v) is 4.37. The summed E-state index contributed by atoms with van der Waals surface area (Å²) in [7, 11) is 1.45. The first kappa shape index (κ1) is 17.2. The zero-order valence-electron chi connectivity index (χ0n) is 13.6. The van der Waals surface area contributed by atoms with E-state index in [1.165, 1.54) is 18.4 Å². The average Bonchev–Trinajstić information content (AvgIpc) is 3.22. The molecule has 3 aromatic rings. The Bertz CT molecular complexity index is 890. The molecule has 0 unspecified atom stereocenters. The van der Waals surface area contributed by atoms with E-state index in [2.05, 4.69) is 20.4 Å². The number of aliphatic hydroxyl groups is 1. The number of nitrogens with one attached hydrogen (secondary N) is 1. The van der Waals surface area contributed by atoms with Crippen molar-refractivity contribution in [2.45, 2.75) is 13.5 Å². The van der Waals surface area contributed by atoms with Gasteiger partial charge >= 0.3 is 0 Å². The summed E-state index contributed by atoms with van der Waals surface area (Å²) in [5, 5.41) is 16.3. The number of hydrogen-bond acceptors (Lipinski definition) is 8. The lowest BCUT2D eigenvalue weighted by atomic mass is 10.1. The molecule has 9 heteroatoms. The molecule has 0 radical (unpaired) electrons. The lowest BCUT2D eigenvalue weighted by Crippen LogP contribution is -2.16. The topological polar surface area (TPSA) is 110 Å². The lowest BCUT2D eigenvalue weighted by Gasteiger charge is -1.98. The maximum atomic E-state index is 11.6. The Hall–Kier alpha value is -2.62. The van der Waals surface area contributed by atoms with Gasteiger partial charge in [0, 0.05) is 12.7 Å². The van der Waals surface area contributed by atoms with Crippen LogP contribution in [-0.2, 0) is 16.1 Å². The van der Waals surface area contributed by atoms with E-state index in [1.807, 2.05) is 18.2 Å². The fraction of sp³-hybridized carbons (Fsp3) is 0.250. The zero-order valence-corrected chi connectivity index (χ0v) is 14.5. The highest BCUT2D eigenvalue weighted by Gasteiger charge is 2.18. The van der Waals surface area contributed by atoms with Crippen molar-refractivity contribution < 1.29 is 19.2 Å². The summed E-state index contributed by atoms with van der Waals surface area (Å²) >= 11 is 1.25. The fourth-order valence-corrected chi connectivity index (χ4v) is 3.08. The Morgan fingerprint density at radius 1 is 1.40 bits per heavy atom. The van der Waals surface area contributed by atoms with Crippen LogP contribution in [0.5, 0.6) is 0 Å². The SMILES string of the molecule is COCC(=O)Nc1nc(C)c(-c2nc(-c3cccc(CO)c3)no2)s1. The summed E-state index contributed by atoms with van der Waals surface area (Å²) in [6.07, 6.45) is 0. The van der Waals surface area contributed by atoms with Gasteiger partial charge in [-0.2, -0.15) is 4.98 Å². The highest BCUT2D eigenvalue weighted by atomic mass is 32.1. The van der Waals surface area contributed by atoms with E-state index >= 15 is 0 Å². The van der Waals surface area contributed by atoms with E-state index in [0.29, 0.717) is 27.4 Å². The summed E-state index contributed by atoms with van der Waals surface area (Å²) in [5.41, 5.74) is 2.19. The van der Waals surface area contributed by atoms with Crippen LogP contribution in [0.15, 0.2) is 28.8 Å². The van der Waals surface area contributed by atoms with Gasteiger partial charge in [-0.25, -0.2) is 4.98 Å². The van der Waals surface area contributed by atoms with E-state index in [9.17, 15) is 9.90 Å². The molecule has 0 saturated heterocycles. The van der Waals surface area contributed by atoms with E-state index in [-0.39, 0.29) is 19.1 Å².